The summed E-state index contributed by atoms with van der Waals surface area (Å²) in [5.74, 6) is 0.119. The number of oxazole rings is 1. The van der Waals surface area contributed by atoms with Gasteiger partial charge in [0.2, 0.25) is 5.91 Å². The maximum Gasteiger partial charge on any atom is 0.414 e. The summed E-state index contributed by atoms with van der Waals surface area (Å²) < 4.78 is 48.5. The van der Waals surface area contributed by atoms with Crippen LogP contribution in [0.25, 0.3) is 11.7 Å². The summed E-state index contributed by atoms with van der Waals surface area (Å²) in [5.41, 5.74) is 0.471. The molecule has 0 unspecified atom stereocenters. The highest BCUT2D eigenvalue weighted by Gasteiger charge is 2.44. The van der Waals surface area contributed by atoms with E-state index >= 15 is 0 Å². The molecule has 9 heteroatoms. The van der Waals surface area contributed by atoms with Gasteiger partial charge in [0, 0.05) is 13.1 Å². The number of amides is 1. The van der Waals surface area contributed by atoms with Crippen LogP contribution >= 0.6 is 0 Å². The number of alkyl halides is 3. The van der Waals surface area contributed by atoms with E-state index in [0.717, 1.165) is 0 Å². The van der Waals surface area contributed by atoms with Gasteiger partial charge in [0.05, 0.1) is 18.4 Å². The number of aliphatic hydroxyl groups excluding tert-OH is 1. The first kappa shape index (κ1) is 18.5. The summed E-state index contributed by atoms with van der Waals surface area (Å²) in [6.45, 7) is 2.05. The molecule has 1 fully saturated rings. The third kappa shape index (κ3) is 3.92. The summed E-state index contributed by atoms with van der Waals surface area (Å²) in [4.78, 5) is 18.2. The lowest BCUT2D eigenvalue weighted by molar-refractivity contribution is -0.222. The first-order valence-electron chi connectivity index (χ1n) is 8.28. The highest BCUT2D eigenvalue weighted by Crippen LogP contribution is 2.32. The zero-order chi connectivity index (χ0) is 18.9. The Morgan fingerprint density at radius 3 is 2.69 bits per heavy atom. The molecular weight excluding hydrogens is 353 g/mol. The third-order valence-electron chi connectivity index (χ3n) is 4.62. The van der Waals surface area contributed by atoms with E-state index in [-0.39, 0.29) is 44.1 Å². The van der Waals surface area contributed by atoms with Crippen LogP contribution < -0.4 is 0 Å². The smallest absolute Gasteiger partial charge is 0.414 e. The Balaban J connectivity index is 1.58. The summed E-state index contributed by atoms with van der Waals surface area (Å²) in [6.07, 6.45) is -5.25. The molecule has 0 aliphatic carbocycles. The molecule has 1 amide bonds. The molecule has 0 aromatic carbocycles. The number of likely N-dealkylation sites (tertiary alicyclic amines) is 1. The number of piperidine rings is 1. The monoisotopic (exact) mass is 372 g/mol. The number of halogens is 3. The van der Waals surface area contributed by atoms with Crippen molar-refractivity contribution in [1.82, 2.24) is 9.88 Å². The van der Waals surface area contributed by atoms with Gasteiger partial charge < -0.3 is 18.8 Å². The summed E-state index contributed by atoms with van der Waals surface area (Å²) in [6, 6.07) is 3.38. The lowest BCUT2D eigenvalue weighted by Gasteiger charge is -2.34. The maximum absolute atomic E-state index is 12.6. The van der Waals surface area contributed by atoms with E-state index in [1.54, 1.807) is 19.1 Å². The minimum atomic E-state index is -4.63. The number of aryl methyl sites for hydroxylation is 1. The number of nitrogens with zero attached hydrogens (tertiary/aromatic N) is 2. The first-order valence-corrected chi connectivity index (χ1v) is 8.28. The molecule has 1 aliphatic heterocycles. The summed E-state index contributed by atoms with van der Waals surface area (Å²) >= 11 is 0. The number of rotatable bonds is 4. The van der Waals surface area contributed by atoms with Gasteiger partial charge in [-0.2, -0.15) is 13.2 Å². The van der Waals surface area contributed by atoms with Crippen molar-refractivity contribution in [3.63, 3.8) is 0 Å². The first-order chi connectivity index (χ1) is 12.3. The van der Waals surface area contributed by atoms with Crippen LogP contribution in [0.5, 0.6) is 0 Å². The summed E-state index contributed by atoms with van der Waals surface area (Å²) in [5, 5.41) is 9.34. The van der Waals surface area contributed by atoms with E-state index < -0.39 is 18.2 Å². The van der Waals surface area contributed by atoms with E-state index in [1.807, 2.05) is 0 Å². The number of furan rings is 1. The fourth-order valence-corrected chi connectivity index (χ4v) is 3.08. The second kappa shape index (κ2) is 7.14. The molecule has 0 bridgehead atoms. The van der Waals surface area contributed by atoms with E-state index in [0.29, 0.717) is 17.2 Å². The molecule has 1 aliphatic rings. The molecule has 0 saturated carbocycles. The molecule has 26 heavy (non-hydrogen) atoms. The van der Waals surface area contributed by atoms with Crippen molar-refractivity contribution in [1.29, 1.82) is 0 Å². The fourth-order valence-electron chi connectivity index (χ4n) is 3.08. The highest BCUT2D eigenvalue weighted by atomic mass is 19.4. The summed E-state index contributed by atoms with van der Waals surface area (Å²) in [7, 11) is 0. The van der Waals surface area contributed by atoms with Gasteiger partial charge in [-0.1, -0.05) is 0 Å². The largest absolute Gasteiger partial charge is 0.459 e. The molecular formula is C17H19F3N2O4. The number of aromatic nitrogens is 1. The molecule has 3 rings (SSSR count). The standard InChI is InChI=1S/C17H19F3N2O4/c1-10-12(21-16(26-10)13-3-2-8-25-13)9-14(23)22-6-4-11(5-7-22)15(24)17(18,19)20/h2-3,8,11,15,24H,4-7,9H2,1H3/t15-/m0/s1. The maximum atomic E-state index is 12.6. The van der Waals surface area contributed by atoms with Crippen LogP contribution in [-0.4, -0.2) is 46.3 Å². The third-order valence-corrected chi connectivity index (χ3v) is 4.62. The number of aliphatic hydroxyl groups is 1. The number of carbonyl (C=O) groups is 1. The van der Waals surface area contributed by atoms with Crippen molar-refractivity contribution < 1.29 is 31.9 Å². The number of hydrogen-bond acceptors (Lipinski definition) is 5. The molecule has 6 nitrogen and oxygen atoms in total. The van der Waals surface area contributed by atoms with Gasteiger partial charge in [-0.25, -0.2) is 4.98 Å². The molecule has 2 aromatic rings. The molecule has 0 radical (unpaired) electrons. The van der Waals surface area contributed by atoms with Crippen LogP contribution in [0.15, 0.2) is 27.2 Å². The fraction of sp³-hybridized carbons (Fsp3) is 0.529. The average molecular weight is 372 g/mol. The molecule has 142 valence electrons. The number of carbonyl (C=O) groups excluding carboxylic acids is 1. The molecule has 1 N–H and O–H groups in total. The Hall–Kier alpha value is -2.29. The Kier molecular flexibility index (Phi) is 5.08. The molecule has 1 atom stereocenters. The molecule has 0 spiro atoms. The van der Waals surface area contributed by atoms with Crippen molar-refractivity contribution in [3.8, 4) is 11.7 Å². The van der Waals surface area contributed by atoms with Crippen molar-refractivity contribution in [3.05, 3.63) is 29.9 Å². The van der Waals surface area contributed by atoms with Gasteiger partial charge in [0.1, 0.15) is 5.76 Å². The van der Waals surface area contributed by atoms with Crippen molar-refractivity contribution in [2.24, 2.45) is 5.92 Å². The van der Waals surface area contributed by atoms with Crippen molar-refractivity contribution in [2.45, 2.75) is 38.5 Å². The Bertz CT molecular complexity index is 747. The zero-order valence-corrected chi connectivity index (χ0v) is 14.1. The Labute approximate surface area is 147 Å². The molecule has 1 saturated heterocycles. The van der Waals surface area contributed by atoms with Gasteiger partial charge in [-0.05, 0) is 37.8 Å². The lowest BCUT2D eigenvalue weighted by atomic mass is 9.90. The average Bonchev–Trinajstić information content (AvgIpc) is 3.24. The van der Waals surface area contributed by atoms with Crippen LogP contribution in [0.4, 0.5) is 13.2 Å². The van der Waals surface area contributed by atoms with Gasteiger partial charge in [-0.15, -0.1) is 0 Å². The van der Waals surface area contributed by atoms with Crippen LogP contribution in [0.2, 0.25) is 0 Å². The zero-order valence-electron chi connectivity index (χ0n) is 14.1. The van der Waals surface area contributed by atoms with Crippen LogP contribution in [-0.2, 0) is 11.2 Å². The highest BCUT2D eigenvalue weighted by molar-refractivity contribution is 5.78. The van der Waals surface area contributed by atoms with Crippen LogP contribution in [0.3, 0.4) is 0 Å². The van der Waals surface area contributed by atoms with Gasteiger partial charge >= 0.3 is 6.18 Å². The lowest BCUT2D eigenvalue weighted by Crippen LogP contribution is -2.45. The van der Waals surface area contributed by atoms with E-state index in [4.69, 9.17) is 8.83 Å². The Morgan fingerprint density at radius 2 is 2.12 bits per heavy atom. The van der Waals surface area contributed by atoms with E-state index in [2.05, 4.69) is 4.98 Å². The molecule has 2 aromatic heterocycles. The van der Waals surface area contributed by atoms with Crippen molar-refractivity contribution in [2.75, 3.05) is 13.1 Å². The predicted octanol–water partition coefficient (Wildman–Crippen LogP) is 2.95. The molecule has 3 heterocycles. The SMILES string of the molecule is Cc1oc(-c2ccco2)nc1CC(=O)N1CCC([C@H](O)C(F)(F)F)CC1. The topological polar surface area (TPSA) is 79.7 Å². The second-order valence-corrected chi connectivity index (χ2v) is 6.38. The van der Waals surface area contributed by atoms with Gasteiger partial charge in [0.15, 0.2) is 11.9 Å². The second-order valence-electron chi connectivity index (χ2n) is 6.38. The van der Waals surface area contributed by atoms with Gasteiger partial charge in [-0.3, -0.25) is 4.79 Å². The van der Waals surface area contributed by atoms with Crippen LogP contribution in [0.1, 0.15) is 24.3 Å². The Morgan fingerprint density at radius 1 is 1.42 bits per heavy atom. The van der Waals surface area contributed by atoms with Crippen LogP contribution in [0, 0.1) is 12.8 Å². The minimum Gasteiger partial charge on any atom is -0.459 e. The van der Waals surface area contributed by atoms with E-state index in [1.165, 1.54) is 11.2 Å². The number of hydrogen-bond donors (Lipinski definition) is 1. The minimum absolute atomic E-state index is 0.00251. The quantitative estimate of drug-likeness (QED) is 0.893. The van der Waals surface area contributed by atoms with E-state index in [9.17, 15) is 23.1 Å². The van der Waals surface area contributed by atoms with Crippen molar-refractivity contribution >= 4 is 5.91 Å². The normalized spacial score (nSPS) is 17.5. The van der Waals surface area contributed by atoms with Gasteiger partial charge in [0.25, 0.3) is 5.89 Å². The predicted molar refractivity (Wildman–Crippen MR) is 84.0 cm³/mol.